The molecule has 1 fully saturated rings. The number of nitrogens with one attached hydrogen (secondary N) is 1. The van der Waals surface area contributed by atoms with E-state index >= 15 is 0 Å². The van der Waals surface area contributed by atoms with Crippen LogP contribution in [0.2, 0.25) is 0 Å². The second-order valence-electron chi connectivity index (χ2n) is 5.45. The van der Waals surface area contributed by atoms with Crippen LogP contribution in [0.4, 0.5) is 0 Å². The Hall–Kier alpha value is -1.01. The monoisotopic (exact) mass is 332 g/mol. The minimum Gasteiger partial charge on any atom is -0.348 e. The fourth-order valence-corrected chi connectivity index (χ4v) is 3.51. The Morgan fingerprint density at radius 3 is 2.48 bits per heavy atom. The summed E-state index contributed by atoms with van der Waals surface area (Å²) in [6.45, 7) is 2.37. The smallest absolute Gasteiger partial charge is 0.268 e. The van der Waals surface area contributed by atoms with E-state index in [9.17, 15) is 13.2 Å². The van der Waals surface area contributed by atoms with Gasteiger partial charge in [0.25, 0.3) is 15.0 Å². The molecule has 1 aliphatic carbocycles. The summed E-state index contributed by atoms with van der Waals surface area (Å²) < 4.78 is 24.4. The first-order valence-electron chi connectivity index (χ1n) is 7.37. The Morgan fingerprint density at radius 2 is 1.95 bits per heavy atom. The Bertz CT molecular complexity index is 602. The lowest BCUT2D eigenvalue weighted by Gasteiger charge is -2.16. The highest BCUT2D eigenvalue weighted by molar-refractivity contribution is 8.13. The Labute approximate surface area is 130 Å². The van der Waals surface area contributed by atoms with E-state index in [0.29, 0.717) is 12.2 Å². The number of carbonyl (C=O) groups is 1. The number of carbonyl (C=O) groups excluding carboxylic acids is 1. The van der Waals surface area contributed by atoms with Gasteiger partial charge in [-0.2, -0.15) is 0 Å². The van der Waals surface area contributed by atoms with Gasteiger partial charge in [0.2, 0.25) is 0 Å². The standard InChI is InChI=1S/C14H21ClN2O3S/c1-2-17-10-12(21(15,19)20)9-13(17)14(18)16-11-7-5-3-4-6-8-11/h9-11H,2-8H2,1H3,(H,16,18). The minimum absolute atomic E-state index is 0.0305. The number of amides is 1. The molecule has 0 bridgehead atoms. The van der Waals surface area contributed by atoms with E-state index < -0.39 is 9.05 Å². The summed E-state index contributed by atoms with van der Waals surface area (Å²) in [6, 6.07) is 1.52. The maximum atomic E-state index is 12.4. The summed E-state index contributed by atoms with van der Waals surface area (Å²) in [5.41, 5.74) is 0.348. The molecule has 1 saturated carbocycles. The van der Waals surface area contributed by atoms with Crippen molar-refractivity contribution in [1.29, 1.82) is 0 Å². The molecule has 1 N–H and O–H groups in total. The van der Waals surface area contributed by atoms with Crippen LogP contribution >= 0.6 is 10.7 Å². The van der Waals surface area contributed by atoms with Crippen molar-refractivity contribution in [2.75, 3.05) is 0 Å². The molecule has 0 unspecified atom stereocenters. The van der Waals surface area contributed by atoms with Crippen molar-refractivity contribution in [2.24, 2.45) is 0 Å². The first kappa shape index (κ1) is 16.4. The molecule has 0 aromatic carbocycles. The molecule has 21 heavy (non-hydrogen) atoms. The summed E-state index contributed by atoms with van der Waals surface area (Å²) in [6.07, 6.45) is 8.06. The minimum atomic E-state index is -3.82. The molecule has 5 nitrogen and oxygen atoms in total. The summed E-state index contributed by atoms with van der Waals surface area (Å²) in [5.74, 6) is -0.227. The Kier molecular flexibility index (Phi) is 5.32. The summed E-state index contributed by atoms with van der Waals surface area (Å²) in [7, 11) is 1.53. The average Bonchev–Trinajstić information content (AvgIpc) is 2.71. The van der Waals surface area contributed by atoms with Crippen LogP contribution in [-0.4, -0.2) is 24.9 Å². The average molecular weight is 333 g/mol. The van der Waals surface area contributed by atoms with Gasteiger partial charge in [0.1, 0.15) is 10.6 Å². The molecule has 1 amide bonds. The summed E-state index contributed by atoms with van der Waals surface area (Å²) >= 11 is 0. The maximum absolute atomic E-state index is 12.4. The van der Waals surface area contributed by atoms with E-state index in [1.807, 2.05) is 6.92 Å². The highest BCUT2D eigenvalue weighted by Gasteiger charge is 2.21. The number of aryl methyl sites for hydroxylation is 1. The molecule has 0 radical (unpaired) electrons. The molecule has 1 aromatic heterocycles. The van der Waals surface area contributed by atoms with Crippen molar-refractivity contribution < 1.29 is 13.2 Å². The number of hydrogen-bond acceptors (Lipinski definition) is 3. The molecule has 0 saturated heterocycles. The Morgan fingerprint density at radius 1 is 1.33 bits per heavy atom. The molecule has 0 spiro atoms. The zero-order valence-corrected chi connectivity index (χ0v) is 13.7. The first-order valence-corrected chi connectivity index (χ1v) is 9.68. The molecule has 7 heteroatoms. The topological polar surface area (TPSA) is 68.2 Å². The van der Waals surface area contributed by atoms with Crippen molar-refractivity contribution in [1.82, 2.24) is 9.88 Å². The molecular formula is C14H21ClN2O3S. The van der Waals surface area contributed by atoms with Gasteiger partial charge >= 0.3 is 0 Å². The van der Waals surface area contributed by atoms with E-state index in [4.69, 9.17) is 10.7 Å². The van der Waals surface area contributed by atoms with Crippen LogP contribution in [0.25, 0.3) is 0 Å². The third-order valence-electron chi connectivity index (χ3n) is 3.92. The van der Waals surface area contributed by atoms with Gasteiger partial charge in [0.15, 0.2) is 0 Å². The van der Waals surface area contributed by atoms with E-state index in [-0.39, 0.29) is 16.8 Å². The number of hydrogen-bond donors (Lipinski definition) is 1. The molecule has 0 aliphatic heterocycles. The third-order valence-corrected chi connectivity index (χ3v) is 5.24. The second-order valence-corrected chi connectivity index (χ2v) is 8.01. The third kappa shape index (κ3) is 4.23. The lowest BCUT2D eigenvalue weighted by atomic mass is 10.1. The van der Waals surface area contributed by atoms with Crippen molar-refractivity contribution in [3.63, 3.8) is 0 Å². The highest BCUT2D eigenvalue weighted by atomic mass is 35.7. The van der Waals surface area contributed by atoms with Crippen LogP contribution in [0, 0.1) is 0 Å². The summed E-state index contributed by atoms with van der Waals surface area (Å²) in [5, 5.41) is 3.02. The number of aromatic nitrogens is 1. The normalized spacial score (nSPS) is 17.4. The first-order chi connectivity index (χ1) is 9.91. The fourth-order valence-electron chi connectivity index (χ4n) is 2.75. The highest BCUT2D eigenvalue weighted by Crippen LogP contribution is 2.20. The molecule has 1 aromatic rings. The van der Waals surface area contributed by atoms with Crippen LogP contribution in [-0.2, 0) is 15.6 Å². The van der Waals surface area contributed by atoms with E-state index in [1.165, 1.54) is 25.1 Å². The van der Waals surface area contributed by atoms with Crippen LogP contribution in [0.15, 0.2) is 17.2 Å². The number of rotatable bonds is 4. The van der Waals surface area contributed by atoms with Gasteiger partial charge in [-0.25, -0.2) is 8.42 Å². The Balaban J connectivity index is 2.16. The number of nitrogens with zero attached hydrogens (tertiary/aromatic N) is 1. The van der Waals surface area contributed by atoms with Gasteiger partial charge in [-0.3, -0.25) is 4.79 Å². The fraction of sp³-hybridized carbons (Fsp3) is 0.643. The van der Waals surface area contributed by atoms with Gasteiger partial charge in [0.05, 0.1) is 0 Å². The predicted molar refractivity (Wildman–Crippen MR) is 82.1 cm³/mol. The molecular weight excluding hydrogens is 312 g/mol. The van der Waals surface area contributed by atoms with E-state index in [1.54, 1.807) is 4.57 Å². The van der Waals surface area contributed by atoms with Crippen LogP contribution in [0.3, 0.4) is 0 Å². The van der Waals surface area contributed by atoms with Gasteiger partial charge in [-0.15, -0.1) is 0 Å². The quantitative estimate of drug-likeness (QED) is 0.681. The second kappa shape index (κ2) is 6.83. The van der Waals surface area contributed by atoms with Crippen molar-refractivity contribution in [2.45, 2.75) is 62.9 Å². The SMILES string of the molecule is CCn1cc(S(=O)(=O)Cl)cc1C(=O)NC1CCCCCC1. The van der Waals surface area contributed by atoms with Gasteiger partial charge in [-0.1, -0.05) is 25.7 Å². The van der Waals surface area contributed by atoms with E-state index in [0.717, 1.165) is 25.7 Å². The van der Waals surface area contributed by atoms with Crippen molar-refractivity contribution >= 4 is 25.6 Å². The molecule has 1 heterocycles. The molecule has 1 aliphatic rings. The van der Waals surface area contributed by atoms with Crippen LogP contribution < -0.4 is 5.32 Å². The largest absolute Gasteiger partial charge is 0.348 e. The van der Waals surface area contributed by atoms with E-state index in [2.05, 4.69) is 5.32 Å². The summed E-state index contributed by atoms with van der Waals surface area (Å²) in [4.78, 5) is 12.3. The van der Waals surface area contributed by atoms with Crippen molar-refractivity contribution in [3.8, 4) is 0 Å². The molecule has 118 valence electrons. The zero-order chi connectivity index (χ0) is 15.5. The lowest BCUT2D eigenvalue weighted by Crippen LogP contribution is -2.35. The van der Waals surface area contributed by atoms with Crippen molar-refractivity contribution in [3.05, 3.63) is 18.0 Å². The van der Waals surface area contributed by atoms with Crippen LogP contribution in [0.1, 0.15) is 55.9 Å². The van der Waals surface area contributed by atoms with Gasteiger partial charge < -0.3 is 9.88 Å². The molecule has 0 atom stereocenters. The maximum Gasteiger partial charge on any atom is 0.268 e. The number of halogens is 1. The van der Waals surface area contributed by atoms with Gasteiger partial charge in [0, 0.05) is 29.5 Å². The van der Waals surface area contributed by atoms with Crippen LogP contribution in [0.5, 0.6) is 0 Å². The predicted octanol–water partition coefficient (Wildman–Crippen LogP) is 2.89. The lowest BCUT2D eigenvalue weighted by molar-refractivity contribution is 0.0924. The van der Waals surface area contributed by atoms with Gasteiger partial charge in [-0.05, 0) is 25.8 Å². The zero-order valence-electron chi connectivity index (χ0n) is 12.1. The molecule has 2 rings (SSSR count).